The van der Waals surface area contributed by atoms with Crippen LogP contribution in [0.25, 0.3) is 0 Å². The van der Waals surface area contributed by atoms with E-state index < -0.39 is 27.3 Å². The van der Waals surface area contributed by atoms with Crippen molar-refractivity contribution in [2.24, 2.45) is 5.92 Å². The fourth-order valence-corrected chi connectivity index (χ4v) is 3.72. The second-order valence-electron chi connectivity index (χ2n) is 5.09. The first-order valence-electron chi connectivity index (χ1n) is 7.13. The van der Waals surface area contributed by atoms with E-state index in [0.29, 0.717) is 5.56 Å². The number of sulfonamides is 1. The van der Waals surface area contributed by atoms with E-state index in [1.807, 2.05) is 0 Å². The molecule has 9 heteroatoms. The minimum absolute atomic E-state index is 0.151. The third kappa shape index (κ3) is 4.06. The zero-order chi connectivity index (χ0) is 17.0. The van der Waals surface area contributed by atoms with Crippen LogP contribution in [0.2, 0.25) is 0 Å². The molecule has 0 amide bonds. The molecule has 8 nitrogen and oxygen atoms in total. The normalized spacial score (nSPS) is 21.0. The van der Waals surface area contributed by atoms with Gasteiger partial charge < -0.3 is 4.74 Å². The zero-order valence-electron chi connectivity index (χ0n) is 12.8. The fraction of sp³-hybridized carbons (Fsp3) is 0.429. The summed E-state index contributed by atoms with van der Waals surface area (Å²) in [4.78, 5) is 23.2. The van der Waals surface area contributed by atoms with Gasteiger partial charge in [0, 0.05) is 17.8 Å². The largest absolute Gasteiger partial charge is 0.466 e. The number of ether oxygens (including phenoxy) is 1. The maximum absolute atomic E-state index is 12.5. The minimum atomic E-state index is -3.90. The molecule has 126 valence electrons. The van der Waals surface area contributed by atoms with Crippen LogP contribution < -0.4 is 15.6 Å². The second kappa shape index (κ2) is 7.07. The summed E-state index contributed by atoms with van der Waals surface area (Å²) in [6, 6.07) is 6.15. The maximum atomic E-state index is 12.5. The van der Waals surface area contributed by atoms with Gasteiger partial charge in [0.2, 0.25) is 0 Å². The molecule has 0 spiro atoms. The molecule has 1 aliphatic rings. The highest BCUT2D eigenvalue weighted by molar-refractivity contribution is 7.93. The molecule has 0 bridgehead atoms. The Morgan fingerprint density at radius 1 is 1.39 bits per heavy atom. The molecule has 2 atom stereocenters. The molecule has 0 aromatic heterocycles. The molecule has 1 saturated heterocycles. The number of esters is 1. The highest BCUT2D eigenvalue weighted by Crippen LogP contribution is 2.20. The molecule has 23 heavy (non-hydrogen) atoms. The molecule has 2 rings (SSSR count). The number of benzene rings is 1. The first-order chi connectivity index (χ1) is 10.8. The lowest BCUT2D eigenvalue weighted by atomic mass is 10.1. The van der Waals surface area contributed by atoms with Gasteiger partial charge in [0.25, 0.3) is 10.0 Å². The van der Waals surface area contributed by atoms with Crippen molar-refractivity contribution in [3.05, 3.63) is 29.8 Å². The van der Waals surface area contributed by atoms with E-state index in [1.165, 1.54) is 19.1 Å². The number of nitrogens with one attached hydrogen (secondary N) is 3. The van der Waals surface area contributed by atoms with Crippen LogP contribution in [0.1, 0.15) is 24.2 Å². The lowest BCUT2D eigenvalue weighted by Crippen LogP contribution is -2.44. The van der Waals surface area contributed by atoms with Crippen LogP contribution in [-0.4, -0.2) is 38.7 Å². The van der Waals surface area contributed by atoms with Crippen molar-refractivity contribution in [2.75, 3.05) is 17.9 Å². The van der Waals surface area contributed by atoms with Gasteiger partial charge in [-0.2, -0.15) is 0 Å². The van der Waals surface area contributed by atoms with Crippen molar-refractivity contribution in [1.82, 2.24) is 10.9 Å². The maximum Gasteiger partial charge on any atom is 0.313 e. The van der Waals surface area contributed by atoms with Gasteiger partial charge in [-0.1, -0.05) is 12.1 Å². The smallest absolute Gasteiger partial charge is 0.313 e. The predicted molar refractivity (Wildman–Crippen MR) is 84.0 cm³/mol. The van der Waals surface area contributed by atoms with Crippen LogP contribution in [-0.2, 0) is 19.6 Å². The summed E-state index contributed by atoms with van der Waals surface area (Å²) in [5, 5.41) is -1.16. The van der Waals surface area contributed by atoms with Crippen LogP contribution >= 0.6 is 0 Å². The van der Waals surface area contributed by atoms with Gasteiger partial charge in [0.05, 0.1) is 6.61 Å². The van der Waals surface area contributed by atoms with Gasteiger partial charge in [-0.25, -0.2) is 13.8 Å². The number of hydrogen-bond acceptors (Lipinski definition) is 7. The number of hydrazine groups is 1. The Labute approximate surface area is 134 Å². The first kappa shape index (κ1) is 17.4. The molecule has 0 saturated carbocycles. The van der Waals surface area contributed by atoms with Crippen molar-refractivity contribution in [3.63, 3.8) is 0 Å². The molecule has 1 fully saturated rings. The average molecular weight is 341 g/mol. The Morgan fingerprint density at radius 3 is 2.78 bits per heavy atom. The van der Waals surface area contributed by atoms with Gasteiger partial charge >= 0.3 is 5.97 Å². The van der Waals surface area contributed by atoms with Gasteiger partial charge in [-0.05, 0) is 26.0 Å². The van der Waals surface area contributed by atoms with Gasteiger partial charge in [-0.3, -0.25) is 19.7 Å². The number of ketones is 1. The Kier molecular flexibility index (Phi) is 5.34. The number of anilines is 1. The highest BCUT2D eigenvalue weighted by atomic mass is 32.2. The summed E-state index contributed by atoms with van der Waals surface area (Å²) < 4.78 is 32.3. The number of carbonyl (C=O) groups is 2. The van der Waals surface area contributed by atoms with Crippen LogP contribution in [0.3, 0.4) is 0 Å². The highest BCUT2D eigenvalue weighted by Gasteiger charge is 2.42. The molecule has 3 N–H and O–H groups in total. The van der Waals surface area contributed by atoms with Crippen LogP contribution in [0.15, 0.2) is 24.3 Å². The molecular weight excluding hydrogens is 322 g/mol. The van der Waals surface area contributed by atoms with Crippen molar-refractivity contribution < 1.29 is 22.7 Å². The third-order valence-corrected chi connectivity index (χ3v) is 5.02. The summed E-state index contributed by atoms with van der Waals surface area (Å²) in [6.45, 7) is 3.38. The fourth-order valence-electron chi connectivity index (χ4n) is 2.26. The van der Waals surface area contributed by atoms with E-state index >= 15 is 0 Å². The number of rotatable bonds is 6. The zero-order valence-corrected chi connectivity index (χ0v) is 13.6. The van der Waals surface area contributed by atoms with Crippen molar-refractivity contribution >= 4 is 27.5 Å². The Morgan fingerprint density at radius 2 is 2.13 bits per heavy atom. The summed E-state index contributed by atoms with van der Waals surface area (Å²) in [5.41, 5.74) is 5.89. The van der Waals surface area contributed by atoms with Crippen molar-refractivity contribution in [3.8, 4) is 0 Å². The number of Topliss-reactive ketones (excluding diaryl/α,β-unsaturated/α-hetero) is 1. The SMILES string of the molecule is CCOC(=O)C1CNNC1S(=O)(=O)Nc1cccc(C(C)=O)c1. The number of carbonyl (C=O) groups excluding carboxylic acids is 2. The molecule has 0 aliphatic carbocycles. The monoisotopic (exact) mass is 341 g/mol. The van der Waals surface area contributed by atoms with Gasteiger partial charge in [0.1, 0.15) is 5.92 Å². The minimum Gasteiger partial charge on any atom is -0.466 e. The molecule has 1 aromatic carbocycles. The van der Waals surface area contributed by atoms with Crippen LogP contribution in [0.5, 0.6) is 0 Å². The summed E-state index contributed by atoms with van der Waals surface area (Å²) in [5.74, 6) is -1.61. The number of hydrogen-bond donors (Lipinski definition) is 3. The Bertz CT molecular complexity index is 704. The second-order valence-corrected chi connectivity index (χ2v) is 6.89. The summed E-state index contributed by atoms with van der Waals surface area (Å²) in [7, 11) is -3.90. The first-order valence-corrected chi connectivity index (χ1v) is 8.67. The standard InChI is InChI=1S/C14H19N3O5S/c1-3-22-14(19)12-8-15-16-13(12)23(20,21)17-11-6-4-5-10(7-11)9(2)18/h4-7,12-13,15-17H,3,8H2,1-2H3. The van der Waals surface area contributed by atoms with E-state index in [9.17, 15) is 18.0 Å². The third-order valence-electron chi connectivity index (χ3n) is 3.38. The molecule has 1 aromatic rings. The van der Waals surface area contributed by atoms with E-state index in [2.05, 4.69) is 15.6 Å². The summed E-state index contributed by atoms with van der Waals surface area (Å²) >= 11 is 0. The van der Waals surface area contributed by atoms with Crippen molar-refractivity contribution in [1.29, 1.82) is 0 Å². The molecule has 1 aliphatic heterocycles. The van der Waals surface area contributed by atoms with Crippen LogP contribution in [0.4, 0.5) is 5.69 Å². The van der Waals surface area contributed by atoms with E-state index in [-0.39, 0.29) is 24.6 Å². The van der Waals surface area contributed by atoms with Crippen molar-refractivity contribution in [2.45, 2.75) is 19.2 Å². The Balaban J connectivity index is 2.19. The Hall–Kier alpha value is -1.97. The lowest BCUT2D eigenvalue weighted by Gasteiger charge is -2.18. The predicted octanol–water partition coefficient (Wildman–Crippen LogP) is 0.244. The van der Waals surface area contributed by atoms with Gasteiger partial charge in [0.15, 0.2) is 11.2 Å². The van der Waals surface area contributed by atoms with Gasteiger partial charge in [-0.15, -0.1) is 0 Å². The molecule has 0 radical (unpaired) electrons. The molecule has 2 unspecified atom stereocenters. The van der Waals surface area contributed by atoms with E-state index in [4.69, 9.17) is 4.74 Å². The lowest BCUT2D eigenvalue weighted by molar-refractivity contribution is -0.147. The van der Waals surface area contributed by atoms with Crippen LogP contribution in [0, 0.1) is 5.92 Å². The average Bonchev–Trinajstić information content (AvgIpc) is 2.97. The van der Waals surface area contributed by atoms with E-state index in [1.54, 1.807) is 19.1 Å². The quantitative estimate of drug-likeness (QED) is 0.502. The molecule has 1 heterocycles. The van der Waals surface area contributed by atoms with E-state index in [0.717, 1.165) is 0 Å². The summed E-state index contributed by atoms with van der Waals surface area (Å²) in [6.07, 6.45) is 0. The molecular formula is C14H19N3O5S. The topological polar surface area (TPSA) is 114 Å².